The SMILES string of the molecule is CC1CCCC(C2C(CC34CCCC(C)C3O4)(C(=O)O)CCC3OC32C)C1. The number of rotatable bonds is 4. The molecule has 4 heteroatoms. The largest absolute Gasteiger partial charge is 0.481 e. The predicted octanol–water partition coefficient (Wildman–Crippen LogP) is 4.80. The molecule has 0 amide bonds. The van der Waals surface area contributed by atoms with Crippen LogP contribution in [0.15, 0.2) is 0 Å². The lowest BCUT2D eigenvalue weighted by Crippen LogP contribution is -2.55. The van der Waals surface area contributed by atoms with Gasteiger partial charge in [0.15, 0.2) is 0 Å². The molecule has 3 saturated carbocycles. The monoisotopic (exact) mass is 376 g/mol. The van der Waals surface area contributed by atoms with Gasteiger partial charge in [0.1, 0.15) is 0 Å². The summed E-state index contributed by atoms with van der Waals surface area (Å²) < 4.78 is 12.5. The highest BCUT2D eigenvalue weighted by Gasteiger charge is 2.74. The third kappa shape index (κ3) is 2.65. The Morgan fingerprint density at radius 3 is 2.63 bits per heavy atom. The Labute approximate surface area is 163 Å². The van der Waals surface area contributed by atoms with Crippen LogP contribution in [0, 0.1) is 29.1 Å². The molecule has 0 aromatic carbocycles. The molecule has 5 aliphatic rings. The number of fused-ring (bicyclic) bond motifs is 2. The summed E-state index contributed by atoms with van der Waals surface area (Å²) in [5.41, 5.74) is -1.05. The molecule has 9 unspecified atom stereocenters. The molecule has 0 aromatic rings. The first-order chi connectivity index (χ1) is 12.8. The minimum absolute atomic E-state index is 0.139. The summed E-state index contributed by atoms with van der Waals surface area (Å²) in [4.78, 5) is 12.9. The molecule has 5 fully saturated rings. The minimum Gasteiger partial charge on any atom is -0.481 e. The van der Waals surface area contributed by atoms with Crippen LogP contribution in [0.1, 0.15) is 85.0 Å². The molecular formula is C23H36O4. The third-order valence-electron chi connectivity index (χ3n) is 9.13. The van der Waals surface area contributed by atoms with Crippen LogP contribution in [0.2, 0.25) is 0 Å². The van der Waals surface area contributed by atoms with Gasteiger partial charge >= 0.3 is 5.97 Å². The van der Waals surface area contributed by atoms with Crippen LogP contribution >= 0.6 is 0 Å². The van der Waals surface area contributed by atoms with E-state index in [1.807, 2.05) is 0 Å². The van der Waals surface area contributed by atoms with E-state index in [2.05, 4.69) is 20.8 Å². The van der Waals surface area contributed by atoms with Crippen molar-refractivity contribution in [1.29, 1.82) is 0 Å². The predicted molar refractivity (Wildman–Crippen MR) is 102 cm³/mol. The van der Waals surface area contributed by atoms with Crippen LogP contribution in [-0.2, 0) is 14.3 Å². The summed E-state index contributed by atoms with van der Waals surface area (Å²) >= 11 is 0. The zero-order valence-electron chi connectivity index (χ0n) is 17.2. The van der Waals surface area contributed by atoms with E-state index < -0.39 is 11.4 Å². The highest BCUT2D eigenvalue weighted by molar-refractivity contribution is 5.76. The van der Waals surface area contributed by atoms with Gasteiger partial charge in [0.05, 0.1) is 28.8 Å². The fourth-order valence-corrected chi connectivity index (χ4v) is 7.90. The molecule has 0 spiro atoms. The Hall–Kier alpha value is -0.610. The zero-order valence-corrected chi connectivity index (χ0v) is 17.2. The van der Waals surface area contributed by atoms with Gasteiger partial charge < -0.3 is 14.6 Å². The van der Waals surface area contributed by atoms with Gasteiger partial charge in [-0.3, -0.25) is 4.79 Å². The molecule has 4 nitrogen and oxygen atoms in total. The summed E-state index contributed by atoms with van der Waals surface area (Å²) in [6.07, 6.45) is 11.3. The second kappa shape index (κ2) is 5.95. The Morgan fingerprint density at radius 2 is 1.89 bits per heavy atom. The Balaban J connectivity index is 1.50. The molecule has 5 rings (SSSR count). The van der Waals surface area contributed by atoms with Crippen LogP contribution in [-0.4, -0.2) is 34.5 Å². The highest BCUT2D eigenvalue weighted by Crippen LogP contribution is 2.67. The third-order valence-corrected chi connectivity index (χ3v) is 9.13. The number of epoxide rings is 2. The maximum atomic E-state index is 12.9. The Bertz CT molecular complexity index is 634. The average molecular weight is 377 g/mol. The van der Waals surface area contributed by atoms with Crippen molar-refractivity contribution in [1.82, 2.24) is 0 Å². The molecule has 0 bridgehead atoms. The molecule has 3 aliphatic carbocycles. The zero-order chi connectivity index (χ0) is 19.0. The van der Waals surface area contributed by atoms with Gasteiger partial charge in [0.2, 0.25) is 0 Å². The number of carbonyl (C=O) groups is 1. The summed E-state index contributed by atoms with van der Waals surface area (Å²) in [5.74, 6) is 1.32. The molecule has 27 heavy (non-hydrogen) atoms. The first-order valence-electron chi connectivity index (χ1n) is 11.4. The average Bonchev–Trinajstić information content (AvgIpc) is 3.49. The van der Waals surface area contributed by atoms with Crippen molar-refractivity contribution < 1.29 is 19.4 Å². The van der Waals surface area contributed by atoms with Crippen molar-refractivity contribution in [2.24, 2.45) is 29.1 Å². The minimum atomic E-state index is -0.671. The van der Waals surface area contributed by atoms with E-state index in [9.17, 15) is 9.90 Å². The molecule has 2 heterocycles. The Morgan fingerprint density at radius 1 is 1.07 bits per heavy atom. The molecular weight excluding hydrogens is 340 g/mol. The number of hydrogen-bond donors (Lipinski definition) is 1. The fourth-order valence-electron chi connectivity index (χ4n) is 7.90. The van der Waals surface area contributed by atoms with Crippen molar-refractivity contribution in [3.8, 4) is 0 Å². The number of carboxylic acids is 1. The van der Waals surface area contributed by atoms with Gasteiger partial charge in [-0.15, -0.1) is 0 Å². The quantitative estimate of drug-likeness (QED) is 0.716. The fraction of sp³-hybridized carbons (Fsp3) is 0.957. The van der Waals surface area contributed by atoms with Crippen LogP contribution in [0.4, 0.5) is 0 Å². The Kier molecular flexibility index (Phi) is 4.06. The number of hydrogen-bond acceptors (Lipinski definition) is 3. The van der Waals surface area contributed by atoms with Gasteiger partial charge in [0.25, 0.3) is 0 Å². The summed E-state index contributed by atoms with van der Waals surface area (Å²) in [6.45, 7) is 6.83. The van der Waals surface area contributed by atoms with Crippen molar-refractivity contribution in [3.63, 3.8) is 0 Å². The van der Waals surface area contributed by atoms with E-state index >= 15 is 0 Å². The van der Waals surface area contributed by atoms with E-state index in [4.69, 9.17) is 9.47 Å². The smallest absolute Gasteiger partial charge is 0.310 e. The van der Waals surface area contributed by atoms with Crippen LogP contribution < -0.4 is 0 Å². The molecule has 152 valence electrons. The molecule has 0 radical (unpaired) electrons. The van der Waals surface area contributed by atoms with Gasteiger partial charge in [-0.1, -0.05) is 39.5 Å². The first kappa shape index (κ1) is 18.4. The molecule has 2 saturated heterocycles. The van der Waals surface area contributed by atoms with E-state index in [1.54, 1.807) is 0 Å². The maximum absolute atomic E-state index is 12.9. The van der Waals surface area contributed by atoms with Crippen molar-refractivity contribution in [2.45, 2.75) is 108 Å². The molecule has 0 aromatic heterocycles. The van der Waals surface area contributed by atoms with E-state index in [-0.39, 0.29) is 23.2 Å². The first-order valence-corrected chi connectivity index (χ1v) is 11.4. The summed E-state index contributed by atoms with van der Waals surface area (Å²) in [5, 5.41) is 10.6. The molecule has 2 aliphatic heterocycles. The van der Waals surface area contributed by atoms with Crippen molar-refractivity contribution in [2.75, 3.05) is 0 Å². The lowest BCUT2D eigenvalue weighted by Gasteiger charge is -2.49. The van der Waals surface area contributed by atoms with Crippen molar-refractivity contribution >= 4 is 5.97 Å². The highest BCUT2D eigenvalue weighted by atomic mass is 16.6. The second-order valence-electron chi connectivity index (χ2n) is 10.9. The molecule has 1 N–H and O–H groups in total. The maximum Gasteiger partial charge on any atom is 0.310 e. The summed E-state index contributed by atoms with van der Waals surface area (Å²) in [7, 11) is 0. The summed E-state index contributed by atoms with van der Waals surface area (Å²) in [6, 6.07) is 0. The van der Waals surface area contributed by atoms with Crippen LogP contribution in [0.5, 0.6) is 0 Å². The lowest BCUT2D eigenvalue weighted by atomic mass is 9.52. The van der Waals surface area contributed by atoms with Gasteiger partial charge in [-0.05, 0) is 63.2 Å². The van der Waals surface area contributed by atoms with Crippen molar-refractivity contribution in [3.05, 3.63) is 0 Å². The second-order valence-corrected chi connectivity index (χ2v) is 10.9. The van der Waals surface area contributed by atoms with E-state index in [1.165, 1.54) is 38.5 Å². The number of aliphatic carboxylic acids is 1. The standard InChI is InChI=1S/C23H36O4/c1-14-6-4-8-16(12-14)18-21(3)17(26-21)9-11-22(18,20(24)25)13-23-10-5-7-15(2)19(23)27-23/h14-19H,4-13H2,1-3H3,(H,24,25). The molecule has 9 atom stereocenters. The number of ether oxygens (including phenoxy) is 2. The van der Waals surface area contributed by atoms with Gasteiger partial charge in [-0.25, -0.2) is 0 Å². The number of carboxylic acid groups (broad SMARTS) is 1. The van der Waals surface area contributed by atoms with Crippen LogP contribution in [0.25, 0.3) is 0 Å². The topological polar surface area (TPSA) is 62.4 Å². The van der Waals surface area contributed by atoms with Gasteiger partial charge in [0, 0.05) is 5.92 Å². The van der Waals surface area contributed by atoms with Crippen LogP contribution in [0.3, 0.4) is 0 Å². The lowest BCUT2D eigenvalue weighted by molar-refractivity contribution is -0.163. The van der Waals surface area contributed by atoms with E-state index in [0.29, 0.717) is 30.3 Å². The van der Waals surface area contributed by atoms with E-state index in [0.717, 1.165) is 19.3 Å². The van der Waals surface area contributed by atoms with Gasteiger partial charge in [-0.2, -0.15) is 0 Å². The normalized spacial score (nSPS) is 56.7.